The second-order valence-corrected chi connectivity index (χ2v) is 9.40. The highest BCUT2D eigenvalue weighted by Crippen LogP contribution is 2.34. The smallest absolute Gasteiger partial charge is 0.410 e. The van der Waals surface area contributed by atoms with Crippen LogP contribution in [-0.4, -0.2) is 59.2 Å². The van der Waals surface area contributed by atoms with Crippen LogP contribution in [0, 0.1) is 6.92 Å². The molecule has 0 radical (unpaired) electrons. The molecule has 9 nitrogen and oxygen atoms in total. The number of hydrogen-bond donors (Lipinski definition) is 1. The van der Waals surface area contributed by atoms with Crippen molar-refractivity contribution >= 4 is 11.7 Å². The SMILES string of the molecule is Cc1cccc(-c2nc(C3CCN(C(=O)OC(C)(C)C)C3)[nH]c2-c2ccc3ncnn3c2)n1. The van der Waals surface area contributed by atoms with Crippen molar-refractivity contribution in [2.24, 2.45) is 0 Å². The van der Waals surface area contributed by atoms with Crippen LogP contribution in [0.2, 0.25) is 0 Å². The van der Waals surface area contributed by atoms with E-state index in [0.29, 0.717) is 13.1 Å². The largest absolute Gasteiger partial charge is 0.444 e. The lowest BCUT2D eigenvalue weighted by molar-refractivity contribution is 0.0292. The van der Waals surface area contributed by atoms with Gasteiger partial charge in [-0.25, -0.2) is 19.3 Å². The third-order valence-corrected chi connectivity index (χ3v) is 5.64. The van der Waals surface area contributed by atoms with Gasteiger partial charge in [-0.3, -0.25) is 4.98 Å². The van der Waals surface area contributed by atoms with Gasteiger partial charge in [-0.1, -0.05) is 6.07 Å². The van der Waals surface area contributed by atoms with Crippen molar-refractivity contribution < 1.29 is 9.53 Å². The molecule has 1 unspecified atom stereocenters. The highest BCUT2D eigenvalue weighted by atomic mass is 16.6. The molecule has 5 rings (SSSR count). The van der Waals surface area contributed by atoms with E-state index >= 15 is 0 Å². The first-order chi connectivity index (χ1) is 15.8. The summed E-state index contributed by atoms with van der Waals surface area (Å²) in [5.74, 6) is 0.929. The number of pyridine rings is 2. The number of rotatable bonds is 3. The summed E-state index contributed by atoms with van der Waals surface area (Å²) in [6.45, 7) is 8.80. The molecule has 1 amide bonds. The van der Waals surface area contributed by atoms with Crippen LogP contribution in [0.5, 0.6) is 0 Å². The third kappa shape index (κ3) is 4.30. The molecule has 1 aliphatic heterocycles. The standard InChI is InChI=1S/C24H27N7O2/c1-15-6-5-7-18(27-15)21-20(16-8-9-19-25-14-26-31(19)13-16)28-22(29-21)17-10-11-30(12-17)23(32)33-24(2,3)4/h5-9,13-14,17H,10-12H2,1-4H3,(H,28,29). The van der Waals surface area contributed by atoms with E-state index in [1.54, 1.807) is 9.42 Å². The van der Waals surface area contributed by atoms with Gasteiger partial charge in [-0.15, -0.1) is 0 Å². The third-order valence-electron chi connectivity index (χ3n) is 5.64. The van der Waals surface area contributed by atoms with E-state index in [4.69, 9.17) is 14.7 Å². The van der Waals surface area contributed by atoms with Gasteiger partial charge in [0, 0.05) is 36.5 Å². The number of fused-ring (bicyclic) bond motifs is 1. The molecule has 0 bridgehead atoms. The van der Waals surface area contributed by atoms with E-state index in [2.05, 4.69) is 15.1 Å². The van der Waals surface area contributed by atoms with Crippen LogP contribution in [0.1, 0.15) is 44.6 Å². The molecule has 1 fully saturated rings. The van der Waals surface area contributed by atoms with Crippen LogP contribution in [0.3, 0.4) is 0 Å². The lowest BCUT2D eigenvalue weighted by Gasteiger charge is -2.24. The number of H-pyrrole nitrogens is 1. The predicted molar refractivity (Wildman–Crippen MR) is 124 cm³/mol. The van der Waals surface area contributed by atoms with E-state index in [1.807, 2.05) is 64.2 Å². The minimum atomic E-state index is -0.517. The zero-order valence-electron chi connectivity index (χ0n) is 19.2. The summed E-state index contributed by atoms with van der Waals surface area (Å²) in [4.78, 5) is 31.7. The first-order valence-electron chi connectivity index (χ1n) is 11.1. The van der Waals surface area contributed by atoms with Gasteiger partial charge in [0.25, 0.3) is 0 Å². The number of carbonyl (C=O) groups is 1. The number of ether oxygens (including phenoxy) is 1. The molecule has 9 heteroatoms. The highest BCUT2D eigenvalue weighted by molar-refractivity contribution is 5.77. The van der Waals surface area contributed by atoms with Crippen LogP contribution in [-0.2, 0) is 4.74 Å². The number of amides is 1. The summed E-state index contributed by atoms with van der Waals surface area (Å²) < 4.78 is 7.29. The molecular formula is C24H27N7O2. The van der Waals surface area contributed by atoms with Crippen LogP contribution in [0.15, 0.2) is 42.9 Å². The first-order valence-corrected chi connectivity index (χ1v) is 11.1. The molecule has 33 heavy (non-hydrogen) atoms. The summed E-state index contributed by atoms with van der Waals surface area (Å²) in [6.07, 6.45) is 3.99. The Balaban J connectivity index is 1.50. The van der Waals surface area contributed by atoms with Gasteiger partial charge < -0.3 is 14.6 Å². The van der Waals surface area contributed by atoms with Crippen molar-refractivity contribution in [3.63, 3.8) is 0 Å². The van der Waals surface area contributed by atoms with Gasteiger partial charge in [-0.05, 0) is 58.4 Å². The fraction of sp³-hybridized carbons (Fsp3) is 0.375. The number of likely N-dealkylation sites (tertiary alicyclic amines) is 1. The minimum absolute atomic E-state index is 0.0879. The van der Waals surface area contributed by atoms with Crippen molar-refractivity contribution in [1.82, 2.24) is 34.4 Å². The van der Waals surface area contributed by atoms with Crippen LogP contribution in [0.4, 0.5) is 4.79 Å². The minimum Gasteiger partial charge on any atom is -0.444 e. The molecule has 1 saturated heterocycles. The topological polar surface area (TPSA) is 101 Å². The number of imidazole rings is 1. The van der Waals surface area contributed by atoms with Gasteiger partial charge in [0.15, 0.2) is 5.65 Å². The van der Waals surface area contributed by atoms with Crippen molar-refractivity contribution in [2.75, 3.05) is 13.1 Å². The number of hydrogen-bond acceptors (Lipinski definition) is 6. The maximum atomic E-state index is 12.5. The van der Waals surface area contributed by atoms with Gasteiger partial charge in [0.05, 0.1) is 11.4 Å². The first kappa shape index (κ1) is 21.1. The van der Waals surface area contributed by atoms with E-state index in [9.17, 15) is 4.79 Å². The van der Waals surface area contributed by atoms with Gasteiger partial charge in [0.2, 0.25) is 0 Å². The molecule has 5 heterocycles. The van der Waals surface area contributed by atoms with Gasteiger partial charge in [0.1, 0.15) is 23.4 Å². The maximum Gasteiger partial charge on any atom is 0.410 e. The quantitative estimate of drug-likeness (QED) is 0.507. The van der Waals surface area contributed by atoms with Crippen molar-refractivity contribution in [2.45, 2.75) is 45.6 Å². The predicted octanol–water partition coefficient (Wildman–Crippen LogP) is 4.21. The van der Waals surface area contributed by atoms with E-state index in [1.165, 1.54) is 6.33 Å². The Morgan fingerprint density at radius 2 is 2.03 bits per heavy atom. The maximum absolute atomic E-state index is 12.5. The number of nitrogens with zero attached hydrogens (tertiary/aromatic N) is 6. The normalized spacial score (nSPS) is 16.5. The Labute approximate surface area is 191 Å². The van der Waals surface area contributed by atoms with Crippen molar-refractivity contribution in [1.29, 1.82) is 0 Å². The fourth-order valence-electron chi connectivity index (χ4n) is 4.09. The number of aromatic amines is 1. The second kappa shape index (κ2) is 7.99. The molecule has 0 spiro atoms. The number of aromatic nitrogens is 6. The van der Waals surface area contributed by atoms with Crippen molar-refractivity contribution in [3.05, 3.63) is 54.4 Å². The Hall–Kier alpha value is -3.75. The number of nitrogens with one attached hydrogen (secondary N) is 1. The summed E-state index contributed by atoms with van der Waals surface area (Å²) in [5, 5.41) is 4.26. The average molecular weight is 446 g/mol. The van der Waals surface area contributed by atoms with Crippen molar-refractivity contribution in [3.8, 4) is 22.6 Å². The molecular weight excluding hydrogens is 418 g/mol. The zero-order valence-corrected chi connectivity index (χ0v) is 19.2. The van der Waals surface area contributed by atoms with Crippen LogP contribution in [0.25, 0.3) is 28.3 Å². The summed E-state index contributed by atoms with van der Waals surface area (Å²) in [5.41, 5.74) is 4.57. The second-order valence-electron chi connectivity index (χ2n) is 9.40. The van der Waals surface area contributed by atoms with Gasteiger partial charge >= 0.3 is 6.09 Å². The molecule has 0 aliphatic carbocycles. The average Bonchev–Trinajstić information content (AvgIpc) is 3.50. The molecule has 170 valence electrons. The lowest BCUT2D eigenvalue weighted by atomic mass is 10.1. The van der Waals surface area contributed by atoms with Crippen LogP contribution >= 0.6 is 0 Å². The zero-order chi connectivity index (χ0) is 23.2. The van der Waals surface area contributed by atoms with E-state index in [0.717, 1.165) is 46.2 Å². The Bertz CT molecular complexity index is 1320. The van der Waals surface area contributed by atoms with E-state index < -0.39 is 5.60 Å². The molecule has 0 aromatic carbocycles. The molecule has 1 atom stereocenters. The van der Waals surface area contributed by atoms with Crippen LogP contribution < -0.4 is 0 Å². The summed E-state index contributed by atoms with van der Waals surface area (Å²) in [7, 11) is 0. The molecule has 1 N–H and O–H groups in total. The molecule has 1 aliphatic rings. The molecule has 4 aromatic heterocycles. The van der Waals surface area contributed by atoms with Gasteiger partial charge in [-0.2, -0.15) is 5.10 Å². The monoisotopic (exact) mass is 445 g/mol. The Morgan fingerprint density at radius 1 is 1.18 bits per heavy atom. The summed E-state index contributed by atoms with van der Waals surface area (Å²) in [6, 6.07) is 9.84. The number of carbonyl (C=O) groups excluding carboxylic acids is 1. The Kier molecular flexibility index (Phi) is 5.11. The number of aryl methyl sites for hydroxylation is 1. The Morgan fingerprint density at radius 3 is 2.82 bits per heavy atom. The fourth-order valence-corrected chi connectivity index (χ4v) is 4.09. The summed E-state index contributed by atoms with van der Waals surface area (Å²) >= 11 is 0. The lowest BCUT2D eigenvalue weighted by Crippen LogP contribution is -2.35. The highest BCUT2D eigenvalue weighted by Gasteiger charge is 2.33. The molecule has 4 aromatic rings. The van der Waals surface area contributed by atoms with E-state index in [-0.39, 0.29) is 12.0 Å². The molecule has 0 saturated carbocycles.